The molecule has 0 bridgehead atoms. The Morgan fingerprint density at radius 2 is 2.20 bits per heavy atom. The lowest BCUT2D eigenvalue weighted by Crippen LogP contribution is -2.14. The van der Waals surface area contributed by atoms with Crippen LogP contribution in [0.5, 0.6) is 0 Å². The minimum Gasteiger partial charge on any atom is -0.374 e. The summed E-state index contributed by atoms with van der Waals surface area (Å²) in [6, 6.07) is 0. The molecule has 0 radical (unpaired) electrons. The summed E-state index contributed by atoms with van der Waals surface area (Å²) in [5, 5.41) is 11.0. The first kappa shape index (κ1) is 10.4. The summed E-state index contributed by atoms with van der Waals surface area (Å²) in [7, 11) is 0. The van der Waals surface area contributed by atoms with Crippen LogP contribution in [0.1, 0.15) is 32.1 Å². The van der Waals surface area contributed by atoms with Gasteiger partial charge in [-0.1, -0.05) is 24.2 Å². The third-order valence-electron chi connectivity index (χ3n) is 2.64. The number of rotatable bonds is 3. The van der Waals surface area contributed by atoms with Crippen LogP contribution in [0, 0.1) is 5.92 Å². The van der Waals surface area contributed by atoms with Gasteiger partial charge in [-0.3, -0.25) is 4.79 Å². The van der Waals surface area contributed by atoms with Crippen molar-refractivity contribution < 1.29 is 4.79 Å². The van der Waals surface area contributed by atoms with Gasteiger partial charge in [-0.25, -0.2) is 0 Å². The third-order valence-corrected chi connectivity index (χ3v) is 3.30. The Balaban J connectivity index is 1.81. The van der Waals surface area contributed by atoms with Gasteiger partial charge in [0.15, 0.2) is 0 Å². The zero-order valence-corrected chi connectivity index (χ0v) is 9.22. The van der Waals surface area contributed by atoms with Crippen LogP contribution in [0.3, 0.4) is 0 Å². The molecule has 1 aliphatic carbocycles. The lowest BCUT2D eigenvalue weighted by Gasteiger charge is -2.06. The number of anilines is 2. The van der Waals surface area contributed by atoms with E-state index in [-0.39, 0.29) is 5.91 Å². The summed E-state index contributed by atoms with van der Waals surface area (Å²) in [5.41, 5.74) is 5.41. The Bertz CT molecular complexity index is 346. The Labute approximate surface area is 92.1 Å². The molecule has 1 saturated carbocycles. The fourth-order valence-electron chi connectivity index (χ4n) is 1.93. The molecule has 0 unspecified atom stereocenters. The van der Waals surface area contributed by atoms with Gasteiger partial charge < -0.3 is 11.1 Å². The van der Waals surface area contributed by atoms with Crippen molar-refractivity contribution in [2.75, 3.05) is 11.1 Å². The van der Waals surface area contributed by atoms with Gasteiger partial charge in [0.2, 0.25) is 16.2 Å². The molecule has 6 heteroatoms. The second kappa shape index (κ2) is 4.57. The van der Waals surface area contributed by atoms with E-state index in [4.69, 9.17) is 5.73 Å². The van der Waals surface area contributed by atoms with E-state index in [2.05, 4.69) is 15.5 Å². The zero-order chi connectivity index (χ0) is 10.7. The monoisotopic (exact) mass is 226 g/mol. The van der Waals surface area contributed by atoms with E-state index in [1.807, 2.05) is 0 Å². The van der Waals surface area contributed by atoms with E-state index in [1.165, 1.54) is 37.0 Å². The standard InChI is InChI=1S/C9H14N4OS/c10-8-12-13-9(15-8)11-7(14)5-6-3-1-2-4-6/h6H,1-5H2,(H2,10,12)(H,11,13,14). The molecule has 15 heavy (non-hydrogen) atoms. The molecule has 5 nitrogen and oxygen atoms in total. The highest BCUT2D eigenvalue weighted by Crippen LogP contribution is 2.28. The first-order chi connectivity index (χ1) is 7.24. The van der Waals surface area contributed by atoms with E-state index < -0.39 is 0 Å². The Morgan fingerprint density at radius 1 is 1.47 bits per heavy atom. The van der Waals surface area contributed by atoms with Gasteiger partial charge >= 0.3 is 0 Å². The first-order valence-corrected chi connectivity index (χ1v) is 5.94. The molecule has 0 atom stereocenters. The van der Waals surface area contributed by atoms with Gasteiger partial charge in [0.25, 0.3) is 0 Å². The van der Waals surface area contributed by atoms with Crippen LogP contribution in [0.2, 0.25) is 0 Å². The molecule has 0 aromatic carbocycles. The van der Waals surface area contributed by atoms with Gasteiger partial charge in [0.05, 0.1) is 0 Å². The molecule has 1 fully saturated rings. The molecule has 1 amide bonds. The molecular formula is C9H14N4OS. The fourth-order valence-corrected chi connectivity index (χ4v) is 2.46. The fraction of sp³-hybridized carbons (Fsp3) is 0.667. The van der Waals surface area contributed by atoms with E-state index >= 15 is 0 Å². The van der Waals surface area contributed by atoms with Crippen LogP contribution >= 0.6 is 11.3 Å². The maximum Gasteiger partial charge on any atom is 0.226 e. The van der Waals surface area contributed by atoms with E-state index in [0.29, 0.717) is 22.6 Å². The average molecular weight is 226 g/mol. The maximum atomic E-state index is 11.6. The number of nitrogens with zero attached hydrogens (tertiary/aromatic N) is 2. The largest absolute Gasteiger partial charge is 0.374 e. The summed E-state index contributed by atoms with van der Waals surface area (Å²) in [6.07, 6.45) is 5.45. The number of hydrogen-bond donors (Lipinski definition) is 2. The summed E-state index contributed by atoms with van der Waals surface area (Å²) in [4.78, 5) is 11.6. The van der Waals surface area contributed by atoms with Crippen LogP contribution < -0.4 is 11.1 Å². The van der Waals surface area contributed by atoms with Crippen LogP contribution in [-0.4, -0.2) is 16.1 Å². The molecule has 0 saturated heterocycles. The van der Waals surface area contributed by atoms with Crippen molar-refractivity contribution in [2.24, 2.45) is 5.92 Å². The molecule has 2 rings (SSSR count). The minimum atomic E-state index is 0.0260. The number of carbonyl (C=O) groups excluding carboxylic acids is 1. The number of amides is 1. The zero-order valence-electron chi connectivity index (χ0n) is 8.40. The highest BCUT2D eigenvalue weighted by Gasteiger charge is 2.18. The average Bonchev–Trinajstić information content (AvgIpc) is 2.77. The molecule has 0 spiro atoms. The van der Waals surface area contributed by atoms with Crippen molar-refractivity contribution in [1.82, 2.24) is 10.2 Å². The van der Waals surface area contributed by atoms with E-state index in [0.717, 1.165) is 0 Å². The van der Waals surface area contributed by atoms with Crippen molar-refractivity contribution in [1.29, 1.82) is 0 Å². The highest BCUT2D eigenvalue weighted by molar-refractivity contribution is 7.18. The van der Waals surface area contributed by atoms with Crippen LogP contribution in [-0.2, 0) is 4.79 Å². The SMILES string of the molecule is Nc1nnc(NC(=O)CC2CCCC2)s1. The Hall–Kier alpha value is -1.17. The Morgan fingerprint density at radius 3 is 2.80 bits per heavy atom. The molecular weight excluding hydrogens is 212 g/mol. The predicted octanol–water partition coefficient (Wildman–Crippen LogP) is 1.64. The maximum absolute atomic E-state index is 11.6. The van der Waals surface area contributed by atoms with Crippen molar-refractivity contribution in [2.45, 2.75) is 32.1 Å². The molecule has 0 aliphatic heterocycles. The van der Waals surface area contributed by atoms with Gasteiger partial charge in [0, 0.05) is 6.42 Å². The number of nitrogen functional groups attached to an aromatic ring is 1. The summed E-state index contributed by atoms with van der Waals surface area (Å²) in [6.45, 7) is 0. The Kier molecular flexibility index (Phi) is 3.15. The number of hydrogen-bond acceptors (Lipinski definition) is 5. The summed E-state index contributed by atoms with van der Waals surface area (Å²) >= 11 is 1.20. The lowest BCUT2D eigenvalue weighted by molar-refractivity contribution is -0.117. The van der Waals surface area contributed by atoms with Crippen molar-refractivity contribution in [3.8, 4) is 0 Å². The topological polar surface area (TPSA) is 80.9 Å². The molecule has 82 valence electrons. The number of nitrogens with two attached hydrogens (primary N) is 1. The third kappa shape index (κ3) is 2.89. The molecule has 3 N–H and O–H groups in total. The van der Waals surface area contributed by atoms with E-state index in [1.54, 1.807) is 0 Å². The second-order valence-electron chi connectivity index (χ2n) is 3.85. The summed E-state index contributed by atoms with van der Waals surface area (Å²) < 4.78 is 0. The molecule has 1 heterocycles. The number of aromatic nitrogens is 2. The number of carbonyl (C=O) groups is 1. The van der Waals surface area contributed by atoms with Crippen LogP contribution in [0.25, 0.3) is 0 Å². The second-order valence-corrected chi connectivity index (χ2v) is 4.86. The summed E-state index contributed by atoms with van der Waals surface area (Å²) in [5.74, 6) is 0.577. The van der Waals surface area contributed by atoms with E-state index in [9.17, 15) is 4.79 Å². The highest BCUT2D eigenvalue weighted by atomic mass is 32.1. The smallest absolute Gasteiger partial charge is 0.226 e. The quantitative estimate of drug-likeness (QED) is 0.821. The van der Waals surface area contributed by atoms with Gasteiger partial charge in [-0.2, -0.15) is 0 Å². The van der Waals surface area contributed by atoms with Gasteiger partial charge in [0.1, 0.15) is 0 Å². The lowest BCUT2D eigenvalue weighted by atomic mass is 10.0. The van der Waals surface area contributed by atoms with Gasteiger partial charge in [-0.15, -0.1) is 10.2 Å². The van der Waals surface area contributed by atoms with Crippen LogP contribution in [0.4, 0.5) is 10.3 Å². The molecule has 1 aromatic rings. The van der Waals surface area contributed by atoms with Gasteiger partial charge in [-0.05, 0) is 18.8 Å². The predicted molar refractivity (Wildman–Crippen MR) is 59.5 cm³/mol. The molecule has 1 aliphatic rings. The minimum absolute atomic E-state index is 0.0260. The van der Waals surface area contributed by atoms with Crippen molar-refractivity contribution >= 4 is 27.5 Å². The number of nitrogens with one attached hydrogen (secondary N) is 1. The normalized spacial score (nSPS) is 16.8. The first-order valence-electron chi connectivity index (χ1n) is 5.13. The van der Waals surface area contributed by atoms with Crippen LogP contribution in [0.15, 0.2) is 0 Å². The molecule has 1 aromatic heterocycles. The van der Waals surface area contributed by atoms with Crippen molar-refractivity contribution in [3.63, 3.8) is 0 Å². The van der Waals surface area contributed by atoms with Crippen molar-refractivity contribution in [3.05, 3.63) is 0 Å².